The lowest BCUT2D eigenvalue weighted by Gasteiger charge is -2.11. The van der Waals surface area contributed by atoms with Crippen molar-refractivity contribution in [1.82, 2.24) is 0 Å². The molecule has 0 N–H and O–H groups in total. The summed E-state index contributed by atoms with van der Waals surface area (Å²) in [5.74, 6) is -0.0549. The van der Waals surface area contributed by atoms with E-state index in [0.717, 1.165) is 18.6 Å². The van der Waals surface area contributed by atoms with E-state index in [2.05, 4.69) is 0 Å². The summed E-state index contributed by atoms with van der Waals surface area (Å²) in [6.45, 7) is 1.99. The van der Waals surface area contributed by atoms with Crippen LogP contribution in [-0.4, -0.2) is 5.88 Å². The normalized spacial score (nSPS) is 12.9. The summed E-state index contributed by atoms with van der Waals surface area (Å²) in [7, 11) is 0. The second-order valence-corrected chi connectivity index (χ2v) is 3.68. The van der Waals surface area contributed by atoms with Gasteiger partial charge in [0.15, 0.2) is 0 Å². The fourth-order valence-electron chi connectivity index (χ4n) is 1.32. The molecule has 1 aromatic carbocycles. The Morgan fingerprint density at radius 3 is 2.64 bits per heavy atom. The van der Waals surface area contributed by atoms with Crippen LogP contribution in [0.1, 0.15) is 18.9 Å². The molecular weight excluding hydrogens is 206 g/mol. The van der Waals surface area contributed by atoms with Gasteiger partial charge in [-0.1, -0.05) is 13.3 Å². The number of hydrogen-bond acceptors (Lipinski definition) is 0. The third kappa shape index (κ3) is 2.95. The van der Waals surface area contributed by atoms with E-state index in [-0.39, 0.29) is 11.7 Å². The van der Waals surface area contributed by atoms with Crippen molar-refractivity contribution >= 4 is 11.6 Å². The van der Waals surface area contributed by atoms with Crippen LogP contribution < -0.4 is 0 Å². The molecule has 0 aliphatic carbocycles. The molecule has 0 saturated heterocycles. The van der Waals surface area contributed by atoms with E-state index in [9.17, 15) is 8.78 Å². The van der Waals surface area contributed by atoms with Crippen LogP contribution >= 0.6 is 11.6 Å². The molecule has 78 valence electrons. The molecule has 0 aliphatic rings. The molecule has 0 amide bonds. The fraction of sp³-hybridized carbons (Fsp3) is 0.455. The van der Waals surface area contributed by atoms with Crippen LogP contribution in [0.5, 0.6) is 0 Å². The van der Waals surface area contributed by atoms with Gasteiger partial charge in [0.1, 0.15) is 11.6 Å². The van der Waals surface area contributed by atoms with E-state index in [1.165, 1.54) is 6.07 Å². The van der Waals surface area contributed by atoms with E-state index < -0.39 is 5.82 Å². The van der Waals surface area contributed by atoms with Gasteiger partial charge in [-0.2, -0.15) is 0 Å². The molecule has 0 aliphatic heterocycles. The largest absolute Gasteiger partial charge is 0.207 e. The van der Waals surface area contributed by atoms with Crippen LogP contribution in [0.15, 0.2) is 18.2 Å². The van der Waals surface area contributed by atoms with Crippen molar-refractivity contribution in [3.8, 4) is 0 Å². The van der Waals surface area contributed by atoms with Crippen LogP contribution in [0.2, 0.25) is 0 Å². The maximum absolute atomic E-state index is 13.2. The molecule has 3 heteroatoms. The number of hydrogen-bond donors (Lipinski definition) is 0. The zero-order valence-corrected chi connectivity index (χ0v) is 8.82. The zero-order valence-electron chi connectivity index (χ0n) is 8.06. The summed E-state index contributed by atoms with van der Waals surface area (Å²) in [5.41, 5.74) is 0.414. The summed E-state index contributed by atoms with van der Waals surface area (Å²) in [6.07, 6.45) is 1.38. The Balaban J connectivity index is 2.79. The van der Waals surface area contributed by atoms with Gasteiger partial charge in [-0.3, -0.25) is 0 Å². The van der Waals surface area contributed by atoms with Gasteiger partial charge >= 0.3 is 0 Å². The Labute approximate surface area is 87.9 Å². The van der Waals surface area contributed by atoms with Gasteiger partial charge in [0, 0.05) is 5.88 Å². The SMILES string of the molecule is CCC(CCl)Cc1cc(F)ccc1F. The van der Waals surface area contributed by atoms with E-state index >= 15 is 0 Å². The molecule has 1 unspecified atom stereocenters. The molecule has 1 rings (SSSR count). The first-order valence-electron chi connectivity index (χ1n) is 4.67. The van der Waals surface area contributed by atoms with Crippen LogP contribution in [0.4, 0.5) is 8.78 Å². The van der Waals surface area contributed by atoms with E-state index in [4.69, 9.17) is 11.6 Å². The monoisotopic (exact) mass is 218 g/mol. The summed E-state index contributed by atoms with van der Waals surface area (Å²) < 4.78 is 26.0. The average molecular weight is 219 g/mol. The van der Waals surface area contributed by atoms with Gasteiger partial charge in [0.2, 0.25) is 0 Å². The number of alkyl halides is 1. The zero-order chi connectivity index (χ0) is 10.6. The summed E-state index contributed by atoms with van der Waals surface area (Å²) >= 11 is 5.69. The Bertz CT molecular complexity index is 295. The molecule has 1 atom stereocenters. The lowest BCUT2D eigenvalue weighted by atomic mass is 9.98. The van der Waals surface area contributed by atoms with Crippen LogP contribution in [0.3, 0.4) is 0 Å². The van der Waals surface area contributed by atoms with Gasteiger partial charge in [-0.15, -0.1) is 11.6 Å². The minimum atomic E-state index is -0.397. The van der Waals surface area contributed by atoms with Crippen molar-refractivity contribution < 1.29 is 8.78 Å². The molecule has 0 aromatic heterocycles. The van der Waals surface area contributed by atoms with Crippen molar-refractivity contribution in [2.75, 3.05) is 5.88 Å². The minimum Gasteiger partial charge on any atom is -0.207 e. The van der Waals surface area contributed by atoms with Crippen LogP contribution in [0, 0.1) is 17.6 Å². The molecule has 0 nitrogen and oxygen atoms in total. The van der Waals surface area contributed by atoms with Crippen LogP contribution in [0.25, 0.3) is 0 Å². The number of benzene rings is 1. The Morgan fingerprint density at radius 2 is 2.07 bits per heavy atom. The summed E-state index contributed by atoms with van der Waals surface area (Å²) in [6, 6.07) is 3.52. The maximum Gasteiger partial charge on any atom is 0.126 e. The molecule has 0 heterocycles. The quantitative estimate of drug-likeness (QED) is 0.675. The highest BCUT2D eigenvalue weighted by atomic mass is 35.5. The third-order valence-corrected chi connectivity index (χ3v) is 2.75. The lowest BCUT2D eigenvalue weighted by Crippen LogP contribution is -2.06. The molecule has 0 radical (unpaired) electrons. The molecule has 0 saturated carbocycles. The second kappa shape index (κ2) is 5.30. The number of rotatable bonds is 4. The highest BCUT2D eigenvalue weighted by molar-refractivity contribution is 6.18. The highest BCUT2D eigenvalue weighted by Gasteiger charge is 2.10. The average Bonchev–Trinajstić information content (AvgIpc) is 2.19. The van der Waals surface area contributed by atoms with Gasteiger partial charge in [-0.05, 0) is 36.1 Å². The molecule has 0 spiro atoms. The topological polar surface area (TPSA) is 0 Å². The van der Waals surface area contributed by atoms with Crippen molar-refractivity contribution in [3.05, 3.63) is 35.4 Å². The summed E-state index contributed by atoms with van der Waals surface area (Å²) in [5, 5.41) is 0. The molecule has 14 heavy (non-hydrogen) atoms. The highest BCUT2D eigenvalue weighted by Crippen LogP contribution is 2.17. The van der Waals surface area contributed by atoms with Crippen molar-refractivity contribution in [2.24, 2.45) is 5.92 Å². The smallest absolute Gasteiger partial charge is 0.126 e. The number of halogens is 3. The van der Waals surface area contributed by atoms with Gasteiger partial charge in [-0.25, -0.2) is 8.78 Å². The van der Waals surface area contributed by atoms with Crippen molar-refractivity contribution in [2.45, 2.75) is 19.8 Å². The Hall–Kier alpha value is -0.630. The fourth-order valence-corrected chi connectivity index (χ4v) is 1.65. The van der Waals surface area contributed by atoms with E-state index in [1.54, 1.807) is 0 Å². The lowest BCUT2D eigenvalue weighted by molar-refractivity contribution is 0.528. The molecular formula is C11H13ClF2. The Morgan fingerprint density at radius 1 is 1.36 bits per heavy atom. The Kier molecular flexibility index (Phi) is 4.33. The molecule has 0 bridgehead atoms. The van der Waals surface area contributed by atoms with Gasteiger partial charge in [0.05, 0.1) is 0 Å². The first kappa shape index (κ1) is 11.4. The van der Waals surface area contributed by atoms with Crippen molar-refractivity contribution in [1.29, 1.82) is 0 Å². The second-order valence-electron chi connectivity index (χ2n) is 3.37. The first-order chi connectivity index (χ1) is 6.67. The van der Waals surface area contributed by atoms with Gasteiger partial charge in [0.25, 0.3) is 0 Å². The predicted molar refractivity (Wildman–Crippen MR) is 54.6 cm³/mol. The van der Waals surface area contributed by atoms with Crippen molar-refractivity contribution in [3.63, 3.8) is 0 Å². The molecule has 0 fully saturated rings. The third-order valence-electron chi connectivity index (χ3n) is 2.31. The maximum atomic E-state index is 13.2. The minimum absolute atomic E-state index is 0.216. The standard InChI is InChI=1S/C11H13ClF2/c1-2-8(7-12)5-9-6-10(13)3-4-11(9)14/h3-4,6,8H,2,5,7H2,1H3. The van der Waals surface area contributed by atoms with Crippen LogP contribution in [-0.2, 0) is 6.42 Å². The van der Waals surface area contributed by atoms with E-state index in [0.29, 0.717) is 17.9 Å². The van der Waals surface area contributed by atoms with Gasteiger partial charge < -0.3 is 0 Å². The molecule has 1 aromatic rings. The predicted octanol–water partition coefficient (Wildman–Crippen LogP) is 3.77. The first-order valence-corrected chi connectivity index (χ1v) is 5.20. The van der Waals surface area contributed by atoms with E-state index in [1.807, 2.05) is 6.92 Å². The summed E-state index contributed by atoms with van der Waals surface area (Å²) in [4.78, 5) is 0.